The summed E-state index contributed by atoms with van der Waals surface area (Å²) in [6.07, 6.45) is 5.10. The van der Waals surface area contributed by atoms with Crippen LogP contribution in [0.2, 0.25) is 0 Å². The Morgan fingerprint density at radius 3 is 2.71 bits per heavy atom. The molecule has 0 saturated carbocycles. The molecule has 0 unspecified atom stereocenters. The first-order valence-electron chi connectivity index (χ1n) is 8.78. The molecule has 0 aliphatic carbocycles. The molecule has 2 aliphatic rings. The van der Waals surface area contributed by atoms with Crippen molar-refractivity contribution in [1.82, 2.24) is 14.6 Å². The molecule has 0 N–H and O–H groups in total. The van der Waals surface area contributed by atoms with Crippen molar-refractivity contribution in [3.63, 3.8) is 0 Å². The minimum atomic E-state index is 0.154. The second kappa shape index (κ2) is 4.88. The van der Waals surface area contributed by atoms with Gasteiger partial charge in [-0.05, 0) is 51.8 Å². The van der Waals surface area contributed by atoms with Crippen LogP contribution in [0.1, 0.15) is 41.0 Å². The highest BCUT2D eigenvalue weighted by Gasteiger charge is 2.52. The third-order valence-electron chi connectivity index (χ3n) is 6.01. The lowest BCUT2D eigenvalue weighted by Gasteiger charge is -2.42. The Morgan fingerprint density at radius 2 is 2.04 bits per heavy atom. The second-order valence-electron chi connectivity index (χ2n) is 8.67. The molecule has 1 fully saturated rings. The first kappa shape index (κ1) is 15.8. The average Bonchev–Trinajstić information content (AvgIpc) is 2.90. The van der Waals surface area contributed by atoms with E-state index in [1.54, 1.807) is 6.20 Å². The molecule has 1 saturated heterocycles. The van der Waals surface area contributed by atoms with Crippen molar-refractivity contribution >= 4 is 30.3 Å². The maximum absolute atomic E-state index is 5.93. The van der Waals surface area contributed by atoms with Crippen LogP contribution in [0.15, 0.2) is 22.7 Å². The minimum Gasteiger partial charge on any atom is -0.436 e. The van der Waals surface area contributed by atoms with Crippen LogP contribution in [0.5, 0.6) is 0 Å². The van der Waals surface area contributed by atoms with Crippen LogP contribution >= 0.6 is 0 Å². The quantitative estimate of drug-likeness (QED) is 0.754. The van der Waals surface area contributed by atoms with Gasteiger partial charge in [0.15, 0.2) is 5.42 Å². The Bertz CT molecular complexity index is 914. The molecule has 2 aliphatic heterocycles. The average molecular weight is 323 g/mol. The van der Waals surface area contributed by atoms with Crippen LogP contribution in [0.4, 0.5) is 0 Å². The summed E-state index contributed by atoms with van der Waals surface area (Å²) >= 11 is 0. The van der Waals surface area contributed by atoms with E-state index in [1.165, 1.54) is 11.6 Å². The maximum Gasteiger partial charge on any atom is 0.371 e. The van der Waals surface area contributed by atoms with E-state index in [0.717, 1.165) is 16.5 Å². The van der Waals surface area contributed by atoms with E-state index in [2.05, 4.69) is 74.5 Å². The third-order valence-corrected chi connectivity index (χ3v) is 6.01. The van der Waals surface area contributed by atoms with Crippen LogP contribution < -0.4 is 10.6 Å². The smallest absolute Gasteiger partial charge is 0.371 e. The van der Waals surface area contributed by atoms with Gasteiger partial charge >= 0.3 is 6.98 Å². The van der Waals surface area contributed by atoms with Gasteiger partial charge in [0.2, 0.25) is 5.71 Å². The van der Waals surface area contributed by atoms with Crippen molar-refractivity contribution < 1.29 is 4.42 Å². The number of hydrogen-bond acceptors (Lipinski definition) is 4. The van der Waals surface area contributed by atoms with Gasteiger partial charge in [0, 0.05) is 34.6 Å². The van der Waals surface area contributed by atoms with Gasteiger partial charge in [-0.15, -0.1) is 0 Å². The fourth-order valence-corrected chi connectivity index (χ4v) is 4.88. The van der Waals surface area contributed by atoms with E-state index in [0.29, 0.717) is 11.5 Å². The van der Waals surface area contributed by atoms with Gasteiger partial charge in [-0.2, -0.15) is 0 Å². The molecule has 0 bridgehead atoms. The standard InChI is InChI=1S/C19H26BN3O/c1-13-18(2,3)12-19(4,5)23(13)20-10-15-14-8-7-9-21-17(14)24-16(15)11-22(20)6/h7-11,13H,12H2,1-6H3/t13-/m0/s1. The number of nitrogens with zero attached hydrogens (tertiary/aromatic N) is 3. The van der Waals surface area contributed by atoms with Crippen LogP contribution in [-0.2, 0) is 0 Å². The van der Waals surface area contributed by atoms with Gasteiger partial charge in [0.1, 0.15) is 0 Å². The number of rotatable bonds is 1. The minimum absolute atomic E-state index is 0.154. The molecule has 4 rings (SSSR count). The van der Waals surface area contributed by atoms with Crippen molar-refractivity contribution in [2.24, 2.45) is 5.41 Å². The van der Waals surface area contributed by atoms with Gasteiger partial charge in [0.25, 0.3) is 0 Å². The lowest BCUT2D eigenvalue weighted by Crippen LogP contribution is -2.59. The topological polar surface area (TPSA) is 32.5 Å². The fourth-order valence-electron chi connectivity index (χ4n) is 4.88. The van der Waals surface area contributed by atoms with Crippen molar-refractivity contribution in [3.8, 4) is 0 Å². The van der Waals surface area contributed by atoms with E-state index in [4.69, 9.17) is 4.42 Å². The van der Waals surface area contributed by atoms with Crippen LogP contribution in [-0.4, -0.2) is 40.2 Å². The van der Waals surface area contributed by atoms with E-state index in [1.807, 2.05) is 6.07 Å². The zero-order valence-electron chi connectivity index (χ0n) is 15.5. The molecule has 0 spiro atoms. The van der Waals surface area contributed by atoms with Crippen molar-refractivity contribution in [1.29, 1.82) is 0 Å². The molecular weight excluding hydrogens is 297 g/mol. The zero-order valence-corrected chi connectivity index (χ0v) is 15.5. The van der Waals surface area contributed by atoms with Gasteiger partial charge in [0.05, 0.1) is 0 Å². The predicted octanol–water partition coefficient (Wildman–Crippen LogP) is 2.22. The van der Waals surface area contributed by atoms with Gasteiger partial charge in [-0.3, -0.25) is 0 Å². The van der Waals surface area contributed by atoms with Crippen LogP contribution in [0.25, 0.3) is 23.3 Å². The van der Waals surface area contributed by atoms with Crippen LogP contribution in [0.3, 0.4) is 0 Å². The molecule has 0 aromatic carbocycles. The van der Waals surface area contributed by atoms with Crippen molar-refractivity contribution in [2.45, 2.75) is 52.6 Å². The summed E-state index contributed by atoms with van der Waals surface area (Å²) < 4.78 is 5.93. The van der Waals surface area contributed by atoms with Gasteiger partial charge in [-0.25, -0.2) is 4.98 Å². The largest absolute Gasteiger partial charge is 0.436 e. The molecule has 126 valence electrons. The Hall–Kier alpha value is -1.75. The summed E-state index contributed by atoms with van der Waals surface area (Å²) in [4.78, 5) is 9.28. The zero-order chi connectivity index (χ0) is 17.3. The van der Waals surface area contributed by atoms with E-state index >= 15 is 0 Å². The normalized spacial score (nSPS) is 25.5. The Labute approximate surface area is 144 Å². The molecule has 4 heterocycles. The predicted molar refractivity (Wildman–Crippen MR) is 99.5 cm³/mol. The lowest BCUT2D eigenvalue weighted by molar-refractivity contribution is 0.226. The first-order chi connectivity index (χ1) is 11.2. The first-order valence-corrected chi connectivity index (χ1v) is 8.78. The summed E-state index contributed by atoms with van der Waals surface area (Å²) in [5, 5.41) is 2.28. The molecule has 24 heavy (non-hydrogen) atoms. The molecule has 2 aromatic rings. The SMILES string of the molecule is C[C@@H]1N(B2C=c3c(oc4ncccc34)=CN2C)C(C)(C)CC1(C)C. The monoisotopic (exact) mass is 323 g/mol. The maximum atomic E-state index is 5.93. The number of aromatic nitrogens is 1. The van der Waals surface area contributed by atoms with Crippen molar-refractivity contribution in [3.05, 3.63) is 29.0 Å². The number of furan rings is 1. The number of fused-ring (bicyclic) bond motifs is 3. The third kappa shape index (κ3) is 2.14. The van der Waals surface area contributed by atoms with E-state index in [-0.39, 0.29) is 12.5 Å². The summed E-state index contributed by atoms with van der Waals surface area (Å²) in [6, 6.07) is 4.58. The molecule has 0 amide bonds. The summed E-state index contributed by atoms with van der Waals surface area (Å²) in [6.45, 7) is 12.1. The fraction of sp³-hybridized carbons (Fsp3) is 0.526. The molecule has 2 aromatic heterocycles. The lowest BCUT2D eigenvalue weighted by atomic mass is 9.67. The molecular formula is C19H26BN3O. The van der Waals surface area contributed by atoms with E-state index < -0.39 is 0 Å². The second-order valence-corrected chi connectivity index (χ2v) is 8.67. The van der Waals surface area contributed by atoms with Crippen LogP contribution in [0, 0.1) is 5.41 Å². The summed E-state index contributed by atoms with van der Waals surface area (Å²) in [5.41, 5.74) is 2.09. The highest BCUT2D eigenvalue weighted by Crippen LogP contribution is 2.46. The Balaban J connectivity index is 1.88. The number of hydrogen-bond donors (Lipinski definition) is 0. The molecule has 1 atom stereocenters. The highest BCUT2D eigenvalue weighted by molar-refractivity contribution is 6.69. The Kier molecular flexibility index (Phi) is 3.21. The van der Waals surface area contributed by atoms with Crippen molar-refractivity contribution in [2.75, 3.05) is 7.05 Å². The summed E-state index contributed by atoms with van der Waals surface area (Å²) in [7, 11) is 2.14. The van der Waals surface area contributed by atoms with E-state index in [9.17, 15) is 0 Å². The van der Waals surface area contributed by atoms with Gasteiger partial charge < -0.3 is 14.0 Å². The molecule has 4 nitrogen and oxygen atoms in total. The molecule has 5 heteroatoms. The van der Waals surface area contributed by atoms with Gasteiger partial charge in [-0.1, -0.05) is 19.8 Å². The number of pyridine rings is 1. The summed E-state index contributed by atoms with van der Waals surface area (Å²) in [5.74, 6) is 2.35. The Morgan fingerprint density at radius 1 is 1.29 bits per heavy atom. The highest BCUT2D eigenvalue weighted by atomic mass is 16.3. The molecule has 0 radical (unpaired) electrons.